The molecular formula is C20H20BrN3OS. The van der Waals surface area contributed by atoms with E-state index in [0.29, 0.717) is 6.10 Å². The van der Waals surface area contributed by atoms with Crippen LogP contribution in [-0.2, 0) is 11.3 Å². The maximum Gasteiger partial charge on any atom is 0.191 e. The number of halogens is 1. The zero-order chi connectivity index (χ0) is 17.8. The predicted molar refractivity (Wildman–Crippen MR) is 108 cm³/mol. The van der Waals surface area contributed by atoms with Crippen molar-refractivity contribution in [2.75, 3.05) is 12.4 Å². The van der Waals surface area contributed by atoms with E-state index in [1.54, 1.807) is 11.8 Å². The largest absolute Gasteiger partial charge is 0.377 e. The van der Waals surface area contributed by atoms with Gasteiger partial charge in [-0.15, -0.1) is 10.2 Å². The van der Waals surface area contributed by atoms with Crippen molar-refractivity contribution in [2.24, 2.45) is 0 Å². The van der Waals surface area contributed by atoms with E-state index in [1.807, 2.05) is 24.3 Å². The van der Waals surface area contributed by atoms with E-state index in [2.05, 4.69) is 61.0 Å². The number of nitrogens with zero attached hydrogens (tertiary/aromatic N) is 3. The number of hydrogen-bond donors (Lipinski definition) is 0. The molecule has 6 heteroatoms. The number of aromatic nitrogens is 3. The van der Waals surface area contributed by atoms with Crippen LogP contribution in [0.15, 0.2) is 64.2 Å². The predicted octanol–water partition coefficient (Wildman–Crippen LogP) is 5.03. The maximum atomic E-state index is 5.76. The minimum Gasteiger partial charge on any atom is -0.377 e. The highest BCUT2D eigenvalue weighted by Gasteiger charge is 2.20. The van der Waals surface area contributed by atoms with Crippen molar-refractivity contribution in [1.29, 1.82) is 0 Å². The molecule has 1 aliphatic heterocycles. The second-order valence-electron chi connectivity index (χ2n) is 6.30. The highest BCUT2D eigenvalue weighted by molar-refractivity contribution is 9.10. The zero-order valence-corrected chi connectivity index (χ0v) is 16.7. The zero-order valence-electron chi connectivity index (χ0n) is 14.3. The summed E-state index contributed by atoms with van der Waals surface area (Å²) in [4.78, 5) is 0. The summed E-state index contributed by atoms with van der Waals surface area (Å²) in [7, 11) is 0. The molecule has 3 aromatic rings. The van der Waals surface area contributed by atoms with Crippen LogP contribution < -0.4 is 0 Å². The second kappa shape index (κ2) is 8.37. The molecule has 0 spiro atoms. The Labute approximate surface area is 166 Å². The Bertz CT molecular complexity index is 863. The lowest BCUT2D eigenvalue weighted by atomic mass is 10.2. The molecular weight excluding hydrogens is 410 g/mol. The van der Waals surface area contributed by atoms with E-state index in [-0.39, 0.29) is 0 Å². The molecule has 4 rings (SSSR count). The molecule has 2 heterocycles. The van der Waals surface area contributed by atoms with Gasteiger partial charge in [0.25, 0.3) is 0 Å². The van der Waals surface area contributed by atoms with Crippen molar-refractivity contribution in [3.8, 4) is 11.4 Å². The number of ether oxygens (including phenoxy) is 1. The van der Waals surface area contributed by atoms with Crippen molar-refractivity contribution in [3.05, 3.63) is 64.6 Å². The van der Waals surface area contributed by atoms with E-state index in [1.165, 1.54) is 5.56 Å². The monoisotopic (exact) mass is 429 g/mol. The summed E-state index contributed by atoms with van der Waals surface area (Å²) in [5, 5.41) is 9.94. The smallest absolute Gasteiger partial charge is 0.191 e. The quantitative estimate of drug-likeness (QED) is 0.515. The van der Waals surface area contributed by atoms with Gasteiger partial charge in [0.1, 0.15) is 0 Å². The Hall–Kier alpha value is -1.63. The Morgan fingerprint density at radius 2 is 1.88 bits per heavy atom. The highest BCUT2D eigenvalue weighted by atomic mass is 79.9. The summed E-state index contributed by atoms with van der Waals surface area (Å²) in [6, 6.07) is 18.6. The number of benzene rings is 2. The van der Waals surface area contributed by atoms with E-state index < -0.39 is 0 Å². The van der Waals surface area contributed by atoms with Crippen LogP contribution in [0.1, 0.15) is 18.4 Å². The first-order valence-electron chi connectivity index (χ1n) is 8.77. The third-order valence-corrected chi connectivity index (χ3v) is 6.23. The fourth-order valence-electron chi connectivity index (χ4n) is 3.09. The van der Waals surface area contributed by atoms with E-state index in [0.717, 1.165) is 52.8 Å². The van der Waals surface area contributed by atoms with Crippen molar-refractivity contribution < 1.29 is 4.74 Å². The molecule has 0 saturated carbocycles. The van der Waals surface area contributed by atoms with Crippen LogP contribution in [0.5, 0.6) is 0 Å². The molecule has 1 aliphatic rings. The van der Waals surface area contributed by atoms with Crippen LogP contribution in [0.3, 0.4) is 0 Å². The van der Waals surface area contributed by atoms with Gasteiger partial charge in [0.05, 0.1) is 12.6 Å². The molecule has 134 valence electrons. The van der Waals surface area contributed by atoms with Crippen molar-refractivity contribution in [1.82, 2.24) is 14.8 Å². The SMILES string of the molecule is Brc1ccccc1-c1nnc(SC[C@@H]2CCCO2)n1Cc1ccccc1. The van der Waals surface area contributed by atoms with Gasteiger partial charge in [-0.1, -0.05) is 76.2 Å². The Morgan fingerprint density at radius 3 is 2.65 bits per heavy atom. The lowest BCUT2D eigenvalue weighted by Crippen LogP contribution is -2.10. The summed E-state index contributed by atoms with van der Waals surface area (Å²) < 4.78 is 8.99. The molecule has 1 fully saturated rings. The lowest BCUT2D eigenvalue weighted by Gasteiger charge is -2.13. The van der Waals surface area contributed by atoms with Gasteiger partial charge in [0.15, 0.2) is 11.0 Å². The minimum absolute atomic E-state index is 0.328. The molecule has 0 radical (unpaired) electrons. The van der Waals surface area contributed by atoms with Crippen LogP contribution in [0.4, 0.5) is 0 Å². The van der Waals surface area contributed by atoms with Crippen LogP contribution in [0, 0.1) is 0 Å². The molecule has 2 aromatic carbocycles. The van der Waals surface area contributed by atoms with Crippen molar-refractivity contribution in [3.63, 3.8) is 0 Å². The Balaban J connectivity index is 1.66. The van der Waals surface area contributed by atoms with Gasteiger partial charge in [-0.05, 0) is 24.5 Å². The first-order valence-corrected chi connectivity index (χ1v) is 10.6. The second-order valence-corrected chi connectivity index (χ2v) is 8.15. The van der Waals surface area contributed by atoms with Crippen molar-refractivity contribution in [2.45, 2.75) is 30.6 Å². The lowest BCUT2D eigenvalue weighted by molar-refractivity contribution is 0.129. The standard InChI is InChI=1S/C20H20BrN3OS/c21-18-11-5-4-10-17(18)19-22-23-20(26-14-16-9-6-12-25-16)24(19)13-15-7-2-1-3-8-15/h1-5,7-8,10-11,16H,6,9,12-14H2/t16-/m0/s1. The Kier molecular flexibility index (Phi) is 5.72. The average molecular weight is 430 g/mol. The van der Waals surface area contributed by atoms with E-state index in [4.69, 9.17) is 4.74 Å². The fourth-order valence-corrected chi connectivity index (χ4v) is 4.55. The van der Waals surface area contributed by atoms with Gasteiger partial charge in [0.2, 0.25) is 0 Å². The fraction of sp³-hybridized carbons (Fsp3) is 0.300. The van der Waals surface area contributed by atoms with Gasteiger partial charge >= 0.3 is 0 Å². The van der Waals surface area contributed by atoms with E-state index >= 15 is 0 Å². The molecule has 0 amide bonds. The van der Waals surface area contributed by atoms with Crippen LogP contribution in [-0.4, -0.2) is 33.2 Å². The molecule has 0 unspecified atom stereocenters. The molecule has 0 N–H and O–H groups in total. The number of thioether (sulfide) groups is 1. The van der Waals surface area contributed by atoms with E-state index in [9.17, 15) is 0 Å². The topological polar surface area (TPSA) is 39.9 Å². The molecule has 0 aliphatic carbocycles. The van der Waals surface area contributed by atoms with Gasteiger partial charge in [-0.2, -0.15) is 0 Å². The summed E-state index contributed by atoms with van der Waals surface area (Å²) >= 11 is 5.38. The molecule has 26 heavy (non-hydrogen) atoms. The van der Waals surface area contributed by atoms with Gasteiger partial charge in [-0.25, -0.2) is 0 Å². The average Bonchev–Trinajstić information content (AvgIpc) is 3.32. The normalized spacial score (nSPS) is 16.9. The van der Waals surface area contributed by atoms with Gasteiger partial charge < -0.3 is 4.74 Å². The molecule has 0 bridgehead atoms. The molecule has 4 nitrogen and oxygen atoms in total. The number of rotatable bonds is 6. The Morgan fingerprint density at radius 1 is 1.08 bits per heavy atom. The van der Waals surface area contributed by atoms with Crippen LogP contribution >= 0.6 is 27.7 Å². The maximum absolute atomic E-state index is 5.76. The summed E-state index contributed by atoms with van der Waals surface area (Å²) in [6.45, 7) is 1.63. The third-order valence-electron chi connectivity index (χ3n) is 4.44. The minimum atomic E-state index is 0.328. The first-order chi connectivity index (χ1) is 12.8. The summed E-state index contributed by atoms with van der Waals surface area (Å²) in [5.41, 5.74) is 2.29. The first kappa shape index (κ1) is 17.8. The molecule has 1 atom stereocenters. The summed E-state index contributed by atoms with van der Waals surface area (Å²) in [5.74, 6) is 1.80. The highest BCUT2D eigenvalue weighted by Crippen LogP contribution is 2.31. The summed E-state index contributed by atoms with van der Waals surface area (Å²) in [6.07, 6.45) is 2.62. The van der Waals surface area contributed by atoms with Gasteiger partial charge in [0, 0.05) is 22.4 Å². The molecule has 1 saturated heterocycles. The van der Waals surface area contributed by atoms with Gasteiger partial charge in [-0.3, -0.25) is 4.57 Å². The van der Waals surface area contributed by atoms with Crippen molar-refractivity contribution >= 4 is 27.7 Å². The third kappa shape index (κ3) is 4.03. The number of hydrogen-bond acceptors (Lipinski definition) is 4. The molecule has 1 aromatic heterocycles. The van der Waals surface area contributed by atoms with Crippen LogP contribution in [0.25, 0.3) is 11.4 Å². The van der Waals surface area contributed by atoms with Crippen LogP contribution in [0.2, 0.25) is 0 Å².